The van der Waals surface area contributed by atoms with Crippen LogP contribution in [0.4, 0.5) is 11.4 Å². The van der Waals surface area contributed by atoms with Gasteiger partial charge in [-0.2, -0.15) is 0 Å². The molecule has 0 saturated carbocycles. The van der Waals surface area contributed by atoms with Crippen LogP contribution < -0.4 is 11.1 Å². The normalized spacial score (nSPS) is 15.4. The summed E-state index contributed by atoms with van der Waals surface area (Å²) < 4.78 is 26.4. The van der Waals surface area contributed by atoms with Crippen molar-refractivity contribution in [1.29, 1.82) is 0 Å². The number of aromatic nitrogens is 3. The minimum Gasteiger partial charge on any atom is -0.396 e. The number of nitrogen functional groups attached to an aromatic ring is 1. The van der Waals surface area contributed by atoms with Gasteiger partial charge in [-0.3, -0.25) is 4.98 Å². The summed E-state index contributed by atoms with van der Waals surface area (Å²) in [4.78, 5) is 8.80. The fourth-order valence-electron chi connectivity index (χ4n) is 3.32. The number of fused-ring (bicyclic) bond motifs is 3. The van der Waals surface area contributed by atoms with Crippen molar-refractivity contribution < 1.29 is 8.42 Å². The monoisotopic (exact) mass is 357 g/mol. The van der Waals surface area contributed by atoms with Crippen LogP contribution in [0.5, 0.6) is 0 Å². The third-order valence-electron chi connectivity index (χ3n) is 4.54. The number of imidazole rings is 1. The fraction of sp³-hybridized carbons (Fsp3) is 0.294. The topological polar surface area (TPSA) is 103 Å². The molecule has 4 rings (SSSR count). The van der Waals surface area contributed by atoms with Gasteiger partial charge in [-0.05, 0) is 30.5 Å². The molecule has 25 heavy (non-hydrogen) atoms. The first-order chi connectivity index (χ1) is 12.1. The van der Waals surface area contributed by atoms with Gasteiger partial charge in [0.05, 0.1) is 40.1 Å². The second kappa shape index (κ2) is 6.03. The number of pyridine rings is 1. The van der Waals surface area contributed by atoms with E-state index in [0.29, 0.717) is 17.0 Å². The van der Waals surface area contributed by atoms with Crippen LogP contribution in [-0.2, 0) is 22.8 Å². The average Bonchev–Trinajstić information content (AvgIpc) is 3.21. The minimum atomic E-state index is -3.19. The number of hydrogen-bond donors (Lipinski definition) is 2. The Morgan fingerprint density at radius 2 is 2.20 bits per heavy atom. The van der Waals surface area contributed by atoms with Crippen LogP contribution in [0.2, 0.25) is 0 Å². The molecule has 0 spiro atoms. The maximum Gasteiger partial charge on any atom is 0.179 e. The lowest BCUT2D eigenvalue weighted by Gasteiger charge is -2.15. The summed E-state index contributed by atoms with van der Waals surface area (Å²) in [6, 6.07) is 3.42. The minimum absolute atomic E-state index is 0.149. The van der Waals surface area contributed by atoms with Crippen LogP contribution in [0.3, 0.4) is 0 Å². The van der Waals surface area contributed by atoms with Gasteiger partial charge < -0.3 is 15.6 Å². The van der Waals surface area contributed by atoms with Gasteiger partial charge in [0.15, 0.2) is 9.84 Å². The molecule has 0 unspecified atom stereocenters. The van der Waals surface area contributed by atoms with Gasteiger partial charge in [0, 0.05) is 30.9 Å². The number of sulfone groups is 1. The largest absolute Gasteiger partial charge is 0.396 e. The molecule has 0 radical (unpaired) electrons. The molecule has 7 nitrogen and oxygen atoms in total. The van der Waals surface area contributed by atoms with Crippen LogP contribution in [0, 0.1) is 0 Å². The van der Waals surface area contributed by atoms with Crippen molar-refractivity contribution >= 4 is 32.1 Å². The molecule has 0 aliphatic carbocycles. The van der Waals surface area contributed by atoms with E-state index in [9.17, 15) is 8.42 Å². The van der Waals surface area contributed by atoms with Crippen LogP contribution >= 0.6 is 0 Å². The fourth-order valence-corrected chi connectivity index (χ4v) is 4.87. The van der Waals surface area contributed by atoms with Gasteiger partial charge >= 0.3 is 0 Å². The van der Waals surface area contributed by atoms with Crippen molar-refractivity contribution in [2.24, 2.45) is 0 Å². The van der Waals surface area contributed by atoms with Gasteiger partial charge in [0.1, 0.15) is 0 Å². The predicted octanol–water partition coefficient (Wildman–Crippen LogP) is 1.85. The lowest BCUT2D eigenvalue weighted by molar-refractivity contribution is 0.600. The smallest absolute Gasteiger partial charge is 0.179 e. The molecule has 1 aliphatic rings. The van der Waals surface area contributed by atoms with Crippen molar-refractivity contribution in [3.05, 3.63) is 42.6 Å². The highest BCUT2D eigenvalue weighted by atomic mass is 32.2. The molecule has 0 bridgehead atoms. The van der Waals surface area contributed by atoms with Crippen LogP contribution in [0.1, 0.15) is 12.0 Å². The summed E-state index contributed by atoms with van der Waals surface area (Å²) in [5.41, 5.74) is 9.05. The Labute approximate surface area is 145 Å². The van der Waals surface area contributed by atoms with Gasteiger partial charge in [0.2, 0.25) is 0 Å². The van der Waals surface area contributed by atoms with Gasteiger partial charge in [0.25, 0.3) is 0 Å². The van der Waals surface area contributed by atoms with E-state index in [0.717, 1.165) is 41.7 Å². The third-order valence-corrected chi connectivity index (χ3v) is 6.33. The maximum absolute atomic E-state index is 12.2. The number of nitrogens with one attached hydrogen (secondary N) is 1. The van der Waals surface area contributed by atoms with E-state index < -0.39 is 9.84 Å². The molecule has 130 valence electrons. The molecule has 3 aromatic rings. The SMILES string of the molecule is Nc1cnc2ccc3c(c2c1NCCCn1ccnc1)CCS3(=O)=O. The average molecular weight is 357 g/mol. The van der Waals surface area contributed by atoms with E-state index in [1.165, 1.54) is 0 Å². The Morgan fingerprint density at radius 3 is 3.00 bits per heavy atom. The first kappa shape index (κ1) is 15.9. The summed E-state index contributed by atoms with van der Waals surface area (Å²) in [5, 5.41) is 4.22. The number of benzene rings is 1. The Balaban J connectivity index is 1.66. The molecule has 8 heteroatoms. The first-order valence-corrected chi connectivity index (χ1v) is 9.84. The van der Waals surface area contributed by atoms with E-state index in [4.69, 9.17) is 5.73 Å². The molecule has 1 aromatic carbocycles. The lowest BCUT2D eigenvalue weighted by atomic mass is 10.0. The highest BCUT2D eigenvalue weighted by Crippen LogP contribution is 2.37. The molecule has 0 saturated heterocycles. The zero-order chi connectivity index (χ0) is 17.4. The molecule has 3 heterocycles. The zero-order valence-electron chi connectivity index (χ0n) is 13.6. The molecule has 0 amide bonds. The Bertz CT molecular complexity index is 1030. The standard InChI is InChI=1S/C17H19N5O2S/c18-13-10-21-14-2-3-15-12(4-9-25(15,23)24)16(14)17(13)20-5-1-7-22-8-6-19-11-22/h2-3,6,8,10-11H,1,4-5,7,9,18H2,(H,20,21). The summed E-state index contributed by atoms with van der Waals surface area (Å²) in [6.45, 7) is 1.57. The molecule has 3 N–H and O–H groups in total. The van der Waals surface area contributed by atoms with E-state index in [1.807, 2.05) is 10.8 Å². The van der Waals surface area contributed by atoms with Gasteiger partial charge in [-0.25, -0.2) is 13.4 Å². The molecular weight excluding hydrogens is 338 g/mol. The highest BCUT2D eigenvalue weighted by molar-refractivity contribution is 7.91. The molecular formula is C17H19N5O2S. The summed E-state index contributed by atoms with van der Waals surface area (Å²) >= 11 is 0. The first-order valence-electron chi connectivity index (χ1n) is 8.19. The maximum atomic E-state index is 12.2. The highest BCUT2D eigenvalue weighted by Gasteiger charge is 2.29. The van der Waals surface area contributed by atoms with Gasteiger partial charge in [-0.15, -0.1) is 0 Å². The van der Waals surface area contributed by atoms with E-state index in [1.54, 1.807) is 30.9 Å². The third kappa shape index (κ3) is 2.82. The van der Waals surface area contributed by atoms with Gasteiger partial charge in [-0.1, -0.05) is 0 Å². The Kier molecular flexibility index (Phi) is 3.84. The number of anilines is 2. The zero-order valence-corrected chi connectivity index (χ0v) is 14.5. The van der Waals surface area contributed by atoms with Crippen LogP contribution in [-0.4, -0.2) is 35.3 Å². The second-order valence-corrected chi connectivity index (χ2v) is 8.25. The number of nitrogens with zero attached hydrogens (tertiary/aromatic N) is 3. The lowest BCUT2D eigenvalue weighted by Crippen LogP contribution is -2.09. The van der Waals surface area contributed by atoms with Crippen LogP contribution in [0.25, 0.3) is 10.9 Å². The molecule has 2 aromatic heterocycles. The predicted molar refractivity (Wildman–Crippen MR) is 97.2 cm³/mol. The molecule has 1 aliphatic heterocycles. The van der Waals surface area contributed by atoms with E-state index in [-0.39, 0.29) is 5.75 Å². The van der Waals surface area contributed by atoms with Crippen molar-refractivity contribution in [3.63, 3.8) is 0 Å². The number of rotatable bonds is 5. The Morgan fingerprint density at radius 1 is 1.32 bits per heavy atom. The van der Waals surface area contributed by atoms with Crippen LogP contribution in [0.15, 0.2) is 41.9 Å². The molecule has 0 atom stereocenters. The second-order valence-electron chi connectivity index (χ2n) is 6.17. The van der Waals surface area contributed by atoms with Crippen molar-refractivity contribution in [3.8, 4) is 0 Å². The Hall–Kier alpha value is -2.61. The summed E-state index contributed by atoms with van der Waals surface area (Å²) in [7, 11) is -3.19. The van der Waals surface area contributed by atoms with Crippen molar-refractivity contribution in [1.82, 2.24) is 14.5 Å². The number of nitrogens with two attached hydrogens (primary N) is 1. The molecule has 0 fully saturated rings. The number of aryl methyl sites for hydroxylation is 2. The summed E-state index contributed by atoms with van der Waals surface area (Å²) in [5.74, 6) is 0.149. The summed E-state index contributed by atoms with van der Waals surface area (Å²) in [6.07, 6.45) is 8.49. The van der Waals surface area contributed by atoms with E-state index >= 15 is 0 Å². The van der Waals surface area contributed by atoms with Crippen molar-refractivity contribution in [2.45, 2.75) is 24.3 Å². The van der Waals surface area contributed by atoms with E-state index in [2.05, 4.69) is 15.3 Å². The quantitative estimate of drug-likeness (QED) is 0.676. The number of hydrogen-bond acceptors (Lipinski definition) is 6. The van der Waals surface area contributed by atoms with Crippen molar-refractivity contribution in [2.75, 3.05) is 23.3 Å².